The van der Waals surface area contributed by atoms with Gasteiger partial charge >= 0.3 is 0 Å². The van der Waals surface area contributed by atoms with Crippen molar-refractivity contribution in [2.45, 2.75) is 51.7 Å². The van der Waals surface area contributed by atoms with Gasteiger partial charge in [-0.15, -0.1) is 5.10 Å². The van der Waals surface area contributed by atoms with Crippen molar-refractivity contribution in [3.63, 3.8) is 0 Å². The molecule has 0 radical (unpaired) electrons. The second kappa shape index (κ2) is 9.81. The molecule has 5 rings (SSSR count). The van der Waals surface area contributed by atoms with Crippen LogP contribution >= 0.6 is 0 Å². The van der Waals surface area contributed by atoms with Gasteiger partial charge in [0.25, 0.3) is 6.43 Å². The Balaban J connectivity index is 1.55. The first-order chi connectivity index (χ1) is 18.0. The Morgan fingerprint density at radius 2 is 1.92 bits per heavy atom. The van der Waals surface area contributed by atoms with Crippen LogP contribution in [0.5, 0.6) is 0 Å². The molecule has 2 aromatic carbocycles. The topological polar surface area (TPSA) is 70.6 Å². The van der Waals surface area contributed by atoms with Crippen molar-refractivity contribution in [1.82, 2.24) is 15.1 Å². The van der Waals surface area contributed by atoms with Gasteiger partial charge in [-0.2, -0.15) is 5.10 Å². The molecule has 1 N–H and O–H groups in total. The molecule has 0 bridgehead atoms. The van der Waals surface area contributed by atoms with E-state index in [1.165, 1.54) is 12.1 Å². The van der Waals surface area contributed by atoms with Crippen LogP contribution in [0.25, 0.3) is 10.8 Å². The molecule has 0 unspecified atom stereocenters. The number of ether oxygens (including phenoxy) is 1. The van der Waals surface area contributed by atoms with E-state index in [1.807, 2.05) is 40.0 Å². The normalized spacial score (nSPS) is 20.3. The molecule has 1 saturated heterocycles. The molecular formula is C28H32F3N5O2. The molecular weight excluding hydrogens is 495 g/mol. The average Bonchev–Trinajstić information content (AvgIpc) is 3.05. The third kappa shape index (κ3) is 4.49. The van der Waals surface area contributed by atoms with Crippen LogP contribution in [0, 0.1) is 12.7 Å². The van der Waals surface area contributed by atoms with Gasteiger partial charge in [0.1, 0.15) is 5.82 Å². The molecule has 202 valence electrons. The Bertz CT molecular complexity index is 1400. The van der Waals surface area contributed by atoms with Crippen molar-refractivity contribution in [2.24, 2.45) is 0 Å². The number of aryl methyl sites for hydroxylation is 1. The van der Waals surface area contributed by atoms with E-state index in [4.69, 9.17) is 4.74 Å². The molecule has 3 heterocycles. The number of hydrogen-bond acceptors (Lipinski definition) is 6. The number of amides is 1. The lowest BCUT2D eigenvalue weighted by Crippen LogP contribution is -2.48. The molecule has 1 fully saturated rings. The van der Waals surface area contributed by atoms with Crippen molar-refractivity contribution in [3.05, 3.63) is 58.5 Å². The zero-order valence-electron chi connectivity index (χ0n) is 22.2. The highest BCUT2D eigenvalue weighted by Crippen LogP contribution is 2.45. The van der Waals surface area contributed by atoms with Crippen molar-refractivity contribution in [1.29, 1.82) is 0 Å². The SMILES string of the molecule is Cc1nnc(N[C@H](C)c2cccc(C(F)F)c2F)c2cc3c(cc12)C(C)(C)C(=O)N3C[C@H]1CN(C)CCO1. The van der Waals surface area contributed by atoms with Gasteiger partial charge in [-0.05, 0) is 52.4 Å². The van der Waals surface area contributed by atoms with E-state index in [0.717, 1.165) is 35.8 Å². The highest BCUT2D eigenvalue weighted by Gasteiger charge is 2.45. The molecule has 38 heavy (non-hydrogen) atoms. The van der Waals surface area contributed by atoms with Crippen molar-refractivity contribution < 1.29 is 22.7 Å². The van der Waals surface area contributed by atoms with Crippen LogP contribution in [0.3, 0.4) is 0 Å². The summed E-state index contributed by atoms with van der Waals surface area (Å²) < 4.78 is 47.3. The second-order valence-corrected chi connectivity index (χ2v) is 10.8. The van der Waals surface area contributed by atoms with E-state index >= 15 is 0 Å². The number of alkyl halides is 2. The van der Waals surface area contributed by atoms with Crippen LogP contribution in [0.15, 0.2) is 30.3 Å². The first kappa shape index (κ1) is 26.4. The maximum atomic E-state index is 14.8. The minimum Gasteiger partial charge on any atom is -0.374 e. The van der Waals surface area contributed by atoms with Gasteiger partial charge < -0.3 is 19.9 Å². The largest absolute Gasteiger partial charge is 0.374 e. The standard InChI is InChI=1S/C28H32F3N5O2/c1-15(18-7-6-8-19(24(18)29)25(30)31)32-26-21-12-23-22(11-20(21)16(2)33-34-26)28(3,4)27(37)36(23)14-17-13-35(5)9-10-38-17/h6-8,11-12,15,17,25H,9-10,13-14H2,1-5H3,(H,32,34)/t15-,17-/m1/s1. The first-order valence-corrected chi connectivity index (χ1v) is 12.8. The van der Waals surface area contributed by atoms with Gasteiger partial charge in [-0.25, -0.2) is 13.2 Å². The number of aromatic nitrogens is 2. The maximum Gasteiger partial charge on any atom is 0.266 e. The van der Waals surface area contributed by atoms with Gasteiger partial charge in [0.2, 0.25) is 5.91 Å². The number of carbonyl (C=O) groups excluding carboxylic acids is 1. The number of halogens is 3. The van der Waals surface area contributed by atoms with Crippen LogP contribution in [0.4, 0.5) is 24.7 Å². The number of anilines is 2. The van der Waals surface area contributed by atoms with Crippen LogP contribution < -0.4 is 10.2 Å². The Hall–Kier alpha value is -3.24. The van der Waals surface area contributed by atoms with E-state index in [0.29, 0.717) is 30.0 Å². The quantitative estimate of drug-likeness (QED) is 0.479. The summed E-state index contributed by atoms with van der Waals surface area (Å²) in [6.07, 6.45) is -3.03. The van der Waals surface area contributed by atoms with Gasteiger partial charge in [-0.1, -0.05) is 18.2 Å². The fourth-order valence-electron chi connectivity index (χ4n) is 5.43. The van der Waals surface area contributed by atoms with E-state index < -0.39 is 29.3 Å². The summed E-state index contributed by atoms with van der Waals surface area (Å²) in [6.45, 7) is 9.97. The van der Waals surface area contributed by atoms with Crippen LogP contribution in [-0.2, 0) is 14.9 Å². The average molecular weight is 528 g/mol. The highest BCUT2D eigenvalue weighted by atomic mass is 19.3. The molecule has 1 amide bonds. The lowest BCUT2D eigenvalue weighted by atomic mass is 9.85. The third-order valence-corrected chi connectivity index (χ3v) is 7.67. The second-order valence-electron chi connectivity index (χ2n) is 10.8. The number of morpholine rings is 1. The number of rotatable bonds is 6. The summed E-state index contributed by atoms with van der Waals surface area (Å²) >= 11 is 0. The molecule has 7 nitrogen and oxygen atoms in total. The number of fused-ring (bicyclic) bond motifs is 2. The summed E-state index contributed by atoms with van der Waals surface area (Å²) in [6, 6.07) is 7.22. The van der Waals surface area contributed by atoms with Gasteiger partial charge in [-0.3, -0.25) is 4.79 Å². The van der Waals surface area contributed by atoms with Gasteiger partial charge in [0, 0.05) is 35.1 Å². The number of carbonyl (C=O) groups is 1. The van der Waals surface area contributed by atoms with Crippen LogP contribution in [0.2, 0.25) is 0 Å². The Kier molecular flexibility index (Phi) is 6.81. The maximum absolute atomic E-state index is 14.8. The number of likely N-dealkylation sites (N-methyl/N-ethyl adjacent to an activating group) is 1. The van der Waals surface area contributed by atoms with E-state index in [1.54, 1.807) is 11.8 Å². The van der Waals surface area contributed by atoms with E-state index in [-0.39, 0.29) is 17.6 Å². The molecule has 3 aromatic rings. The number of hydrogen-bond donors (Lipinski definition) is 1. The molecule has 2 aliphatic heterocycles. The molecule has 2 atom stereocenters. The van der Waals surface area contributed by atoms with Crippen molar-refractivity contribution in [3.8, 4) is 0 Å². The molecule has 0 spiro atoms. The number of benzene rings is 2. The minimum atomic E-state index is -2.91. The highest BCUT2D eigenvalue weighted by molar-refractivity contribution is 6.11. The lowest BCUT2D eigenvalue weighted by Gasteiger charge is -2.33. The zero-order chi connectivity index (χ0) is 27.4. The molecule has 1 aromatic heterocycles. The molecule has 2 aliphatic rings. The summed E-state index contributed by atoms with van der Waals surface area (Å²) in [4.78, 5) is 17.6. The first-order valence-electron chi connectivity index (χ1n) is 12.8. The fourth-order valence-corrected chi connectivity index (χ4v) is 5.43. The minimum absolute atomic E-state index is 0.00744. The smallest absolute Gasteiger partial charge is 0.266 e. The van der Waals surface area contributed by atoms with Gasteiger partial charge in [0.15, 0.2) is 5.82 Å². The van der Waals surface area contributed by atoms with Gasteiger partial charge in [0.05, 0.1) is 42.0 Å². The summed E-state index contributed by atoms with van der Waals surface area (Å²) in [5.41, 5.74) is 1.09. The number of nitrogens with one attached hydrogen (secondary N) is 1. The third-order valence-electron chi connectivity index (χ3n) is 7.67. The number of nitrogens with zero attached hydrogens (tertiary/aromatic N) is 4. The predicted octanol–water partition coefficient (Wildman–Crippen LogP) is 5.14. The zero-order valence-corrected chi connectivity index (χ0v) is 22.2. The Morgan fingerprint density at radius 1 is 1.18 bits per heavy atom. The molecule has 0 aliphatic carbocycles. The van der Waals surface area contributed by atoms with Crippen LogP contribution in [-0.4, -0.2) is 60.4 Å². The Morgan fingerprint density at radius 3 is 2.63 bits per heavy atom. The Labute approximate surface area is 220 Å². The van der Waals surface area contributed by atoms with E-state index in [9.17, 15) is 18.0 Å². The summed E-state index contributed by atoms with van der Waals surface area (Å²) in [5.74, 6) is -0.566. The summed E-state index contributed by atoms with van der Waals surface area (Å²) in [7, 11) is 2.03. The fraction of sp³-hybridized carbons (Fsp3) is 0.464. The monoisotopic (exact) mass is 527 g/mol. The van der Waals surface area contributed by atoms with E-state index in [2.05, 4.69) is 20.4 Å². The van der Waals surface area contributed by atoms with Crippen molar-refractivity contribution in [2.75, 3.05) is 43.5 Å². The molecule has 0 saturated carbocycles. The van der Waals surface area contributed by atoms with Crippen molar-refractivity contribution >= 4 is 28.2 Å². The van der Waals surface area contributed by atoms with Crippen LogP contribution in [0.1, 0.15) is 55.6 Å². The lowest BCUT2D eigenvalue weighted by molar-refractivity contribution is -0.122. The molecule has 10 heteroatoms. The predicted molar refractivity (Wildman–Crippen MR) is 140 cm³/mol. The summed E-state index contributed by atoms with van der Waals surface area (Å²) in [5, 5.41) is 13.3.